The fourth-order valence-corrected chi connectivity index (χ4v) is 3.27. The topological polar surface area (TPSA) is 71.3 Å². The molecule has 1 fully saturated rings. The van der Waals surface area contributed by atoms with E-state index in [0.29, 0.717) is 12.4 Å². The molecule has 6 heteroatoms. The van der Waals surface area contributed by atoms with Crippen LogP contribution in [0, 0.1) is 0 Å². The molecule has 0 saturated carbocycles. The zero-order valence-electron chi connectivity index (χ0n) is 13.6. The third-order valence-corrected chi connectivity index (χ3v) is 4.50. The SMILES string of the molecule is CNC(=O)c1noc(CN2CCC[C@@](C)(c3ccccc3)C2)n1. The number of carbonyl (C=O) groups excluding carboxylic acids is 1. The molecule has 0 bridgehead atoms. The Kier molecular flexibility index (Phi) is 4.43. The third kappa shape index (κ3) is 3.42. The molecule has 1 aromatic heterocycles. The molecule has 122 valence electrons. The summed E-state index contributed by atoms with van der Waals surface area (Å²) < 4.78 is 5.20. The van der Waals surface area contributed by atoms with Gasteiger partial charge in [0.15, 0.2) is 0 Å². The molecule has 1 saturated heterocycles. The summed E-state index contributed by atoms with van der Waals surface area (Å²) in [6.45, 7) is 4.82. The van der Waals surface area contributed by atoms with Gasteiger partial charge in [0, 0.05) is 19.0 Å². The van der Waals surface area contributed by atoms with Crippen molar-refractivity contribution >= 4 is 5.91 Å². The second-order valence-corrected chi connectivity index (χ2v) is 6.33. The molecule has 1 amide bonds. The van der Waals surface area contributed by atoms with E-state index in [1.165, 1.54) is 12.0 Å². The number of likely N-dealkylation sites (tertiary alicyclic amines) is 1. The Labute approximate surface area is 135 Å². The molecule has 0 aliphatic carbocycles. The minimum atomic E-state index is -0.326. The van der Waals surface area contributed by atoms with Crippen molar-refractivity contribution in [2.24, 2.45) is 0 Å². The zero-order valence-corrected chi connectivity index (χ0v) is 13.6. The Morgan fingerprint density at radius 3 is 2.91 bits per heavy atom. The molecule has 0 radical (unpaired) electrons. The fourth-order valence-electron chi connectivity index (χ4n) is 3.27. The summed E-state index contributed by atoms with van der Waals surface area (Å²) in [5.41, 5.74) is 1.49. The lowest BCUT2D eigenvalue weighted by molar-refractivity contribution is 0.0950. The van der Waals surface area contributed by atoms with Crippen LogP contribution in [0.15, 0.2) is 34.9 Å². The Hall–Kier alpha value is -2.21. The Balaban J connectivity index is 1.69. The number of hydrogen-bond acceptors (Lipinski definition) is 5. The lowest BCUT2D eigenvalue weighted by atomic mass is 9.76. The highest BCUT2D eigenvalue weighted by Gasteiger charge is 2.33. The van der Waals surface area contributed by atoms with E-state index < -0.39 is 0 Å². The molecule has 1 aliphatic heterocycles. The lowest BCUT2D eigenvalue weighted by Gasteiger charge is -2.40. The summed E-state index contributed by atoms with van der Waals surface area (Å²) in [5, 5.41) is 6.22. The van der Waals surface area contributed by atoms with Crippen LogP contribution in [0.2, 0.25) is 0 Å². The monoisotopic (exact) mass is 314 g/mol. The van der Waals surface area contributed by atoms with Crippen molar-refractivity contribution in [1.82, 2.24) is 20.4 Å². The van der Waals surface area contributed by atoms with E-state index in [-0.39, 0.29) is 17.1 Å². The first-order valence-electron chi connectivity index (χ1n) is 7.93. The average Bonchev–Trinajstić information content (AvgIpc) is 3.03. The Bertz CT molecular complexity index is 670. The Morgan fingerprint density at radius 1 is 1.39 bits per heavy atom. The number of carbonyl (C=O) groups is 1. The predicted molar refractivity (Wildman–Crippen MR) is 86.0 cm³/mol. The number of nitrogens with one attached hydrogen (secondary N) is 1. The first-order chi connectivity index (χ1) is 11.1. The summed E-state index contributed by atoms with van der Waals surface area (Å²) in [6, 6.07) is 10.6. The highest BCUT2D eigenvalue weighted by atomic mass is 16.5. The number of amides is 1. The van der Waals surface area contributed by atoms with E-state index in [4.69, 9.17) is 4.52 Å². The van der Waals surface area contributed by atoms with Gasteiger partial charge in [-0.15, -0.1) is 0 Å². The van der Waals surface area contributed by atoms with Crippen LogP contribution < -0.4 is 5.32 Å². The summed E-state index contributed by atoms with van der Waals surface area (Å²) in [7, 11) is 1.55. The first kappa shape index (κ1) is 15.7. The van der Waals surface area contributed by atoms with Crippen LogP contribution in [0.1, 0.15) is 41.8 Å². The minimum Gasteiger partial charge on any atom is -0.352 e. The van der Waals surface area contributed by atoms with Crippen molar-refractivity contribution in [3.05, 3.63) is 47.6 Å². The van der Waals surface area contributed by atoms with Crippen molar-refractivity contribution in [3.8, 4) is 0 Å². The van der Waals surface area contributed by atoms with Crippen LogP contribution >= 0.6 is 0 Å². The van der Waals surface area contributed by atoms with Crippen LogP contribution in [0.4, 0.5) is 0 Å². The standard InChI is InChI=1S/C17H22N4O2/c1-17(13-7-4-3-5-8-13)9-6-10-21(12-17)11-14-19-15(20-23-14)16(22)18-2/h3-5,7-8H,6,9-12H2,1-2H3,(H,18,22)/t17-/m1/s1. The molecule has 6 nitrogen and oxygen atoms in total. The molecule has 2 aromatic rings. The van der Waals surface area contributed by atoms with Crippen molar-refractivity contribution in [2.45, 2.75) is 31.7 Å². The van der Waals surface area contributed by atoms with Gasteiger partial charge in [0.25, 0.3) is 11.7 Å². The van der Waals surface area contributed by atoms with Gasteiger partial charge in [-0.3, -0.25) is 9.69 Å². The highest BCUT2D eigenvalue weighted by Crippen LogP contribution is 2.33. The second-order valence-electron chi connectivity index (χ2n) is 6.33. The molecule has 1 N–H and O–H groups in total. The molecular formula is C17H22N4O2. The fraction of sp³-hybridized carbons (Fsp3) is 0.471. The number of aromatic nitrogens is 2. The minimum absolute atomic E-state index is 0.0883. The molecule has 2 heterocycles. The summed E-state index contributed by atoms with van der Waals surface area (Å²) in [5.74, 6) is 0.249. The maximum Gasteiger partial charge on any atom is 0.292 e. The van der Waals surface area contributed by atoms with Crippen molar-refractivity contribution in [3.63, 3.8) is 0 Å². The summed E-state index contributed by atoms with van der Waals surface area (Å²) >= 11 is 0. The molecule has 3 rings (SSSR count). The van der Waals surface area contributed by atoms with Gasteiger partial charge in [-0.2, -0.15) is 4.98 Å². The van der Waals surface area contributed by atoms with Crippen LogP contribution in [-0.2, 0) is 12.0 Å². The van der Waals surface area contributed by atoms with Crippen LogP contribution in [0.25, 0.3) is 0 Å². The van der Waals surface area contributed by atoms with Gasteiger partial charge in [-0.1, -0.05) is 42.4 Å². The van der Waals surface area contributed by atoms with Crippen molar-refractivity contribution in [1.29, 1.82) is 0 Å². The number of nitrogens with zero attached hydrogens (tertiary/aromatic N) is 3. The van der Waals surface area contributed by atoms with Gasteiger partial charge >= 0.3 is 0 Å². The second kappa shape index (κ2) is 6.50. The summed E-state index contributed by atoms with van der Waals surface area (Å²) in [6.07, 6.45) is 2.29. The first-order valence-corrected chi connectivity index (χ1v) is 7.93. The van der Waals surface area contributed by atoms with Crippen molar-refractivity contribution < 1.29 is 9.32 Å². The smallest absolute Gasteiger partial charge is 0.292 e. The molecule has 0 spiro atoms. The lowest BCUT2D eigenvalue weighted by Crippen LogP contribution is -2.43. The van der Waals surface area contributed by atoms with Gasteiger partial charge in [0.2, 0.25) is 5.89 Å². The Morgan fingerprint density at radius 2 is 2.17 bits per heavy atom. The largest absolute Gasteiger partial charge is 0.352 e. The van der Waals surface area contributed by atoms with Gasteiger partial charge in [0.05, 0.1) is 6.54 Å². The summed E-state index contributed by atoms with van der Waals surface area (Å²) in [4.78, 5) is 18.0. The highest BCUT2D eigenvalue weighted by molar-refractivity contribution is 5.89. The van der Waals surface area contributed by atoms with Gasteiger partial charge in [-0.25, -0.2) is 0 Å². The third-order valence-electron chi connectivity index (χ3n) is 4.50. The predicted octanol–water partition coefficient (Wildman–Crippen LogP) is 1.98. The zero-order chi connectivity index (χ0) is 16.3. The number of benzene rings is 1. The van der Waals surface area contributed by atoms with Gasteiger partial charge in [0.1, 0.15) is 0 Å². The number of rotatable bonds is 4. The average molecular weight is 314 g/mol. The maximum absolute atomic E-state index is 11.5. The van der Waals surface area contributed by atoms with E-state index >= 15 is 0 Å². The molecule has 1 atom stereocenters. The van der Waals surface area contributed by atoms with E-state index in [2.05, 4.69) is 51.5 Å². The number of piperidine rings is 1. The van der Waals surface area contributed by atoms with E-state index in [1.54, 1.807) is 7.05 Å². The van der Waals surface area contributed by atoms with Crippen LogP contribution in [0.3, 0.4) is 0 Å². The quantitative estimate of drug-likeness (QED) is 0.934. The maximum atomic E-state index is 11.5. The normalized spacial score (nSPS) is 22.0. The molecule has 23 heavy (non-hydrogen) atoms. The van der Waals surface area contributed by atoms with Crippen LogP contribution in [0.5, 0.6) is 0 Å². The number of hydrogen-bond donors (Lipinski definition) is 1. The molecule has 0 unspecified atom stereocenters. The van der Waals surface area contributed by atoms with Crippen molar-refractivity contribution in [2.75, 3.05) is 20.1 Å². The van der Waals surface area contributed by atoms with Gasteiger partial charge in [-0.05, 0) is 24.9 Å². The van der Waals surface area contributed by atoms with E-state index in [1.807, 2.05) is 6.07 Å². The van der Waals surface area contributed by atoms with E-state index in [9.17, 15) is 4.79 Å². The van der Waals surface area contributed by atoms with Crippen LogP contribution in [-0.4, -0.2) is 41.1 Å². The molecular weight excluding hydrogens is 292 g/mol. The van der Waals surface area contributed by atoms with E-state index in [0.717, 1.165) is 19.5 Å². The molecule has 1 aliphatic rings. The molecule has 1 aromatic carbocycles. The van der Waals surface area contributed by atoms with Gasteiger partial charge < -0.3 is 9.84 Å².